The molecule has 0 aliphatic heterocycles. The van der Waals surface area contributed by atoms with E-state index in [1.54, 1.807) is 6.42 Å². The molecule has 0 saturated heterocycles. The first kappa shape index (κ1) is 16.9. The van der Waals surface area contributed by atoms with Crippen molar-refractivity contribution in [1.29, 1.82) is 0 Å². The maximum atomic E-state index is 2.94. The highest BCUT2D eigenvalue weighted by Crippen LogP contribution is 2.82. The number of rotatable bonds is 1. The highest BCUT2D eigenvalue weighted by molar-refractivity contribution is 5.37. The molecule has 5 fully saturated rings. The summed E-state index contributed by atoms with van der Waals surface area (Å²) in [7, 11) is 0. The van der Waals surface area contributed by atoms with Crippen molar-refractivity contribution in [2.45, 2.75) is 86.5 Å². The summed E-state index contributed by atoms with van der Waals surface area (Å²) in [4.78, 5) is 0. The quantitative estimate of drug-likeness (QED) is 0.446. The fraction of sp³-hybridized carbons (Fsp3) is 0.920. The lowest BCUT2D eigenvalue weighted by Crippen LogP contribution is -2.67. The lowest BCUT2D eigenvalue weighted by molar-refractivity contribution is -0.219. The van der Waals surface area contributed by atoms with Crippen LogP contribution in [0.25, 0.3) is 0 Å². The number of hydrogen-bond donors (Lipinski definition) is 0. The van der Waals surface area contributed by atoms with Crippen LogP contribution in [0.5, 0.6) is 0 Å². The Hall–Kier alpha value is -0.260. The molecule has 0 aromatic carbocycles. The fourth-order valence-electron chi connectivity index (χ4n) is 10.0. The third-order valence-corrected chi connectivity index (χ3v) is 11.1. The van der Waals surface area contributed by atoms with Gasteiger partial charge in [0.2, 0.25) is 0 Å². The first-order chi connectivity index (χ1) is 11.8. The Kier molecular flexibility index (Phi) is 3.35. The van der Waals surface area contributed by atoms with Gasteiger partial charge in [0, 0.05) is 0 Å². The van der Waals surface area contributed by atoms with Crippen LogP contribution >= 0.6 is 0 Å². The van der Waals surface area contributed by atoms with E-state index in [1.807, 2.05) is 5.57 Å². The monoisotopic (exact) mass is 340 g/mol. The van der Waals surface area contributed by atoms with Crippen molar-refractivity contribution in [3.05, 3.63) is 11.6 Å². The summed E-state index contributed by atoms with van der Waals surface area (Å²) in [6.45, 7) is 15.5. The standard InChI is InChI=1S/C25H40/c1-15(2)20-10-8-19-13-25-17(4)7-9-21-16(3)11-12-24(21,18(25)5)22(25)14-23(19,20)6/h13,15-18,20-22H,7-12,14H2,1-6H3/t16-,17-,18?,20+,21-,22-,23-,24-,25-/m0/s1. The topological polar surface area (TPSA) is 0 Å². The van der Waals surface area contributed by atoms with E-state index in [9.17, 15) is 0 Å². The van der Waals surface area contributed by atoms with Gasteiger partial charge in [-0.15, -0.1) is 0 Å². The van der Waals surface area contributed by atoms with Crippen molar-refractivity contribution < 1.29 is 0 Å². The van der Waals surface area contributed by atoms with E-state index in [0.717, 1.165) is 41.4 Å². The van der Waals surface area contributed by atoms with Gasteiger partial charge in [-0.25, -0.2) is 0 Å². The summed E-state index contributed by atoms with van der Waals surface area (Å²) in [6, 6.07) is 0. The molecule has 0 amide bonds. The Labute approximate surface area is 156 Å². The van der Waals surface area contributed by atoms with Crippen LogP contribution < -0.4 is 0 Å². The first-order valence-electron chi connectivity index (χ1n) is 11.5. The molecule has 6 rings (SSSR count). The molecule has 6 aliphatic rings. The van der Waals surface area contributed by atoms with Gasteiger partial charge in [0.05, 0.1) is 0 Å². The van der Waals surface area contributed by atoms with Crippen molar-refractivity contribution in [2.24, 2.45) is 57.7 Å². The predicted molar refractivity (Wildman–Crippen MR) is 106 cm³/mol. The Bertz CT molecular complexity index is 614. The summed E-state index contributed by atoms with van der Waals surface area (Å²) >= 11 is 0. The third kappa shape index (κ3) is 1.68. The van der Waals surface area contributed by atoms with E-state index < -0.39 is 0 Å². The van der Waals surface area contributed by atoms with Gasteiger partial charge in [-0.3, -0.25) is 0 Å². The third-order valence-electron chi connectivity index (χ3n) is 11.1. The van der Waals surface area contributed by atoms with Crippen LogP contribution in [0.15, 0.2) is 11.6 Å². The molecule has 0 heteroatoms. The molecule has 2 bridgehead atoms. The van der Waals surface area contributed by atoms with Gasteiger partial charge >= 0.3 is 0 Å². The summed E-state index contributed by atoms with van der Waals surface area (Å²) < 4.78 is 0. The number of hydrogen-bond acceptors (Lipinski definition) is 0. The minimum atomic E-state index is 0.524. The normalized spacial score (nSPS) is 59.6. The van der Waals surface area contributed by atoms with Gasteiger partial charge in [0.25, 0.3) is 0 Å². The summed E-state index contributed by atoms with van der Waals surface area (Å²) in [5.74, 6) is 6.63. The lowest BCUT2D eigenvalue weighted by Gasteiger charge is -2.73. The molecule has 9 atom stereocenters. The molecule has 5 saturated carbocycles. The number of fused-ring (bicyclic) bond motifs is 3. The highest BCUT2D eigenvalue weighted by Gasteiger charge is 2.76. The second kappa shape index (κ2) is 4.96. The van der Waals surface area contributed by atoms with Crippen molar-refractivity contribution in [3.8, 4) is 0 Å². The van der Waals surface area contributed by atoms with Crippen LogP contribution in [0.4, 0.5) is 0 Å². The molecule has 0 N–H and O–H groups in total. The Balaban J connectivity index is 1.65. The molecule has 140 valence electrons. The minimum Gasteiger partial charge on any atom is -0.0777 e. The van der Waals surface area contributed by atoms with Gasteiger partial charge in [-0.2, -0.15) is 0 Å². The predicted octanol–water partition coefficient (Wildman–Crippen LogP) is 7.10. The Morgan fingerprint density at radius 2 is 1.80 bits per heavy atom. The minimum absolute atomic E-state index is 0.524. The molecule has 0 nitrogen and oxygen atoms in total. The van der Waals surface area contributed by atoms with Crippen LogP contribution in [0, 0.1) is 57.7 Å². The maximum absolute atomic E-state index is 2.94. The van der Waals surface area contributed by atoms with Gasteiger partial charge in [0.15, 0.2) is 0 Å². The van der Waals surface area contributed by atoms with Crippen LogP contribution in [0.1, 0.15) is 86.5 Å². The molecule has 0 heterocycles. The molecule has 0 aromatic rings. The molecule has 2 spiro atoms. The smallest absolute Gasteiger partial charge is 0.00246 e. The molecule has 0 radical (unpaired) electrons. The summed E-state index contributed by atoms with van der Waals surface area (Å²) in [5, 5.41) is 0. The van der Waals surface area contributed by atoms with Crippen LogP contribution in [0.3, 0.4) is 0 Å². The molecule has 25 heavy (non-hydrogen) atoms. The van der Waals surface area contributed by atoms with Gasteiger partial charge in [-0.1, -0.05) is 53.2 Å². The number of allylic oxidation sites excluding steroid dienone is 2. The van der Waals surface area contributed by atoms with Crippen molar-refractivity contribution in [3.63, 3.8) is 0 Å². The summed E-state index contributed by atoms with van der Waals surface area (Å²) in [6.07, 6.45) is 13.4. The van der Waals surface area contributed by atoms with Crippen LogP contribution in [-0.4, -0.2) is 0 Å². The van der Waals surface area contributed by atoms with Gasteiger partial charge in [0.1, 0.15) is 0 Å². The molecule has 1 unspecified atom stereocenters. The van der Waals surface area contributed by atoms with Gasteiger partial charge < -0.3 is 0 Å². The van der Waals surface area contributed by atoms with E-state index in [0.29, 0.717) is 16.2 Å². The summed E-state index contributed by atoms with van der Waals surface area (Å²) in [5.41, 5.74) is 3.69. The van der Waals surface area contributed by atoms with Gasteiger partial charge in [-0.05, 0) is 103 Å². The zero-order chi connectivity index (χ0) is 17.8. The van der Waals surface area contributed by atoms with E-state index >= 15 is 0 Å². The van der Waals surface area contributed by atoms with Crippen LogP contribution in [-0.2, 0) is 0 Å². The zero-order valence-electron chi connectivity index (χ0n) is 17.6. The molecular weight excluding hydrogens is 300 g/mol. The van der Waals surface area contributed by atoms with E-state index in [-0.39, 0.29) is 0 Å². The maximum Gasteiger partial charge on any atom is -0.00246 e. The molecular formula is C25H40. The van der Waals surface area contributed by atoms with Crippen LogP contribution in [0.2, 0.25) is 0 Å². The molecule has 0 aromatic heterocycles. The van der Waals surface area contributed by atoms with E-state index in [1.165, 1.54) is 38.5 Å². The lowest BCUT2D eigenvalue weighted by atomic mass is 9.31. The second-order valence-corrected chi connectivity index (χ2v) is 11.7. The fourth-order valence-corrected chi connectivity index (χ4v) is 10.0. The Morgan fingerprint density at radius 3 is 2.52 bits per heavy atom. The highest BCUT2D eigenvalue weighted by atomic mass is 14.8. The Morgan fingerprint density at radius 1 is 1.04 bits per heavy atom. The average molecular weight is 341 g/mol. The molecule has 6 aliphatic carbocycles. The van der Waals surface area contributed by atoms with Crippen molar-refractivity contribution in [2.75, 3.05) is 0 Å². The average Bonchev–Trinajstić information content (AvgIpc) is 3.03. The SMILES string of the molecule is CC(C)[C@H]1CCC2=C[C@@]34C(C)[C@]5(CC[C@H](C)[C@@H]5CC[C@@H]3C)[C@@H]4C[C@@]21C. The van der Waals surface area contributed by atoms with E-state index in [4.69, 9.17) is 0 Å². The first-order valence-corrected chi connectivity index (χ1v) is 11.5. The van der Waals surface area contributed by atoms with Crippen molar-refractivity contribution >= 4 is 0 Å². The zero-order valence-corrected chi connectivity index (χ0v) is 17.6. The van der Waals surface area contributed by atoms with Crippen molar-refractivity contribution in [1.82, 2.24) is 0 Å². The van der Waals surface area contributed by atoms with E-state index in [2.05, 4.69) is 47.6 Å². The second-order valence-electron chi connectivity index (χ2n) is 11.7. The largest absolute Gasteiger partial charge is 0.0777 e.